The third kappa shape index (κ3) is 5.29. The minimum absolute atomic E-state index is 0.106. The second-order valence-electron chi connectivity index (χ2n) is 5.45. The van der Waals surface area contributed by atoms with Gasteiger partial charge in [0.2, 0.25) is 15.9 Å². The minimum atomic E-state index is -3.56. The Kier molecular flexibility index (Phi) is 6.57. The maximum absolute atomic E-state index is 13.5. The molecule has 0 aliphatic rings. The van der Waals surface area contributed by atoms with Crippen molar-refractivity contribution in [1.82, 2.24) is 4.31 Å². The number of nitrogens with zero attached hydrogens (tertiary/aromatic N) is 1. The zero-order valence-corrected chi connectivity index (χ0v) is 15.5. The molecule has 1 N–H and O–H groups in total. The number of carbonyl (C=O) groups excluding carboxylic acids is 1. The van der Waals surface area contributed by atoms with Crippen LogP contribution in [0.2, 0.25) is 0 Å². The van der Waals surface area contributed by atoms with Gasteiger partial charge in [-0.1, -0.05) is 24.3 Å². The van der Waals surface area contributed by atoms with E-state index >= 15 is 0 Å². The standard InChI is InChI=1S/C17H19FN2O3S2/c1-20(2)25(22,23)15-8-5-7-14(10-15)19-17(21)12-24-11-13-6-3-4-9-16(13)18/h3-10H,11-12H2,1-2H3,(H,19,21). The summed E-state index contributed by atoms with van der Waals surface area (Å²) >= 11 is 1.28. The number of hydrogen-bond acceptors (Lipinski definition) is 4. The van der Waals surface area contributed by atoms with E-state index in [0.29, 0.717) is 17.0 Å². The Morgan fingerprint density at radius 2 is 1.88 bits per heavy atom. The molecule has 0 fully saturated rings. The van der Waals surface area contributed by atoms with Crippen LogP contribution in [0.1, 0.15) is 5.56 Å². The molecule has 0 heterocycles. The highest BCUT2D eigenvalue weighted by Crippen LogP contribution is 2.19. The van der Waals surface area contributed by atoms with Crippen molar-refractivity contribution in [3.63, 3.8) is 0 Å². The zero-order chi connectivity index (χ0) is 18.4. The van der Waals surface area contributed by atoms with Crippen LogP contribution in [0.5, 0.6) is 0 Å². The highest BCUT2D eigenvalue weighted by molar-refractivity contribution is 7.99. The topological polar surface area (TPSA) is 66.5 Å². The Labute approximate surface area is 151 Å². The van der Waals surface area contributed by atoms with Gasteiger partial charge < -0.3 is 5.32 Å². The van der Waals surface area contributed by atoms with Gasteiger partial charge in [0, 0.05) is 25.5 Å². The van der Waals surface area contributed by atoms with Crippen molar-refractivity contribution in [2.24, 2.45) is 0 Å². The van der Waals surface area contributed by atoms with Crippen LogP contribution in [0.15, 0.2) is 53.4 Å². The molecule has 2 aromatic carbocycles. The summed E-state index contributed by atoms with van der Waals surface area (Å²) in [6.45, 7) is 0. The van der Waals surface area contributed by atoms with E-state index in [0.717, 1.165) is 4.31 Å². The number of nitrogens with one attached hydrogen (secondary N) is 1. The lowest BCUT2D eigenvalue weighted by Crippen LogP contribution is -2.22. The van der Waals surface area contributed by atoms with Gasteiger partial charge in [-0.25, -0.2) is 17.1 Å². The van der Waals surface area contributed by atoms with Crippen molar-refractivity contribution >= 4 is 33.4 Å². The molecule has 134 valence electrons. The van der Waals surface area contributed by atoms with E-state index in [-0.39, 0.29) is 22.4 Å². The number of thioether (sulfide) groups is 1. The molecule has 0 radical (unpaired) electrons. The first-order valence-corrected chi connectivity index (χ1v) is 10.0. The smallest absolute Gasteiger partial charge is 0.242 e. The first-order chi connectivity index (χ1) is 11.8. The highest BCUT2D eigenvalue weighted by Gasteiger charge is 2.17. The number of anilines is 1. The number of amides is 1. The Bertz CT molecular complexity index is 854. The molecule has 8 heteroatoms. The average Bonchev–Trinajstić information content (AvgIpc) is 2.56. The van der Waals surface area contributed by atoms with Gasteiger partial charge in [0.1, 0.15) is 5.82 Å². The van der Waals surface area contributed by atoms with E-state index in [9.17, 15) is 17.6 Å². The molecule has 1 amide bonds. The fourth-order valence-corrected chi connectivity index (χ4v) is 3.77. The fraction of sp³-hybridized carbons (Fsp3) is 0.235. The molecule has 2 rings (SSSR count). The quantitative estimate of drug-likeness (QED) is 0.800. The number of halogens is 1. The van der Waals surface area contributed by atoms with E-state index in [1.165, 1.54) is 44.1 Å². The van der Waals surface area contributed by atoms with Gasteiger partial charge >= 0.3 is 0 Å². The van der Waals surface area contributed by atoms with Crippen LogP contribution in [-0.4, -0.2) is 38.5 Å². The molecule has 0 bridgehead atoms. The molecular formula is C17H19FN2O3S2. The predicted molar refractivity (Wildman–Crippen MR) is 98.5 cm³/mol. The molecule has 0 unspecified atom stereocenters. The molecule has 0 aromatic heterocycles. The number of rotatable bonds is 7. The molecule has 0 aliphatic heterocycles. The Balaban J connectivity index is 1.94. The van der Waals surface area contributed by atoms with Crippen LogP contribution in [0, 0.1) is 5.82 Å². The van der Waals surface area contributed by atoms with E-state index in [1.54, 1.807) is 30.3 Å². The van der Waals surface area contributed by atoms with E-state index in [1.807, 2.05) is 0 Å². The van der Waals surface area contributed by atoms with Crippen molar-refractivity contribution in [3.05, 3.63) is 59.9 Å². The summed E-state index contributed by atoms with van der Waals surface area (Å²) in [4.78, 5) is 12.1. The van der Waals surface area contributed by atoms with Gasteiger partial charge in [-0.2, -0.15) is 0 Å². The monoisotopic (exact) mass is 382 g/mol. The van der Waals surface area contributed by atoms with E-state index in [2.05, 4.69) is 5.32 Å². The summed E-state index contributed by atoms with van der Waals surface area (Å²) in [6, 6.07) is 12.5. The molecule has 2 aromatic rings. The van der Waals surface area contributed by atoms with Gasteiger partial charge in [-0.3, -0.25) is 4.79 Å². The lowest BCUT2D eigenvalue weighted by atomic mass is 10.2. The summed E-state index contributed by atoms with van der Waals surface area (Å²) < 4.78 is 38.8. The first kappa shape index (κ1) is 19.4. The number of benzene rings is 2. The fourth-order valence-electron chi connectivity index (χ4n) is 2.01. The van der Waals surface area contributed by atoms with Crippen molar-refractivity contribution in [1.29, 1.82) is 0 Å². The Hall–Kier alpha value is -1.90. The van der Waals surface area contributed by atoms with Crippen molar-refractivity contribution < 1.29 is 17.6 Å². The summed E-state index contributed by atoms with van der Waals surface area (Å²) in [5, 5.41) is 2.66. The maximum Gasteiger partial charge on any atom is 0.242 e. The maximum atomic E-state index is 13.5. The molecule has 0 spiro atoms. The van der Waals surface area contributed by atoms with E-state index in [4.69, 9.17) is 0 Å². The highest BCUT2D eigenvalue weighted by atomic mass is 32.2. The largest absolute Gasteiger partial charge is 0.325 e. The minimum Gasteiger partial charge on any atom is -0.325 e. The van der Waals surface area contributed by atoms with Crippen LogP contribution in [0.4, 0.5) is 10.1 Å². The molecular weight excluding hydrogens is 363 g/mol. The second-order valence-corrected chi connectivity index (χ2v) is 8.59. The normalized spacial score (nSPS) is 11.5. The average molecular weight is 382 g/mol. The summed E-state index contributed by atoms with van der Waals surface area (Å²) in [5.74, 6) is -0.0496. The van der Waals surface area contributed by atoms with Gasteiger partial charge in [-0.05, 0) is 29.8 Å². The molecule has 0 saturated carbocycles. The molecule has 25 heavy (non-hydrogen) atoms. The van der Waals surface area contributed by atoms with Gasteiger partial charge in [0.25, 0.3) is 0 Å². The molecule has 0 atom stereocenters. The van der Waals surface area contributed by atoms with Crippen molar-refractivity contribution in [2.45, 2.75) is 10.6 Å². The number of hydrogen-bond donors (Lipinski definition) is 1. The first-order valence-electron chi connectivity index (χ1n) is 7.44. The Morgan fingerprint density at radius 1 is 1.16 bits per heavy atom. The molecule has 0 aliphatic carbocycles. The van der Waals surface area contributed by atoms with Gasteiger partial charge in [0.05, 0.1) is 10.6 Å². The second kappa shape index (κ2) is 8.46. The number of carbonyl (C=O) groups is 1. The zero-order valence-electron chi connectivity index (χ0n) is 13.9. The predicted octanol–water partition coefficient (Wildman–Crippen LogP) is 2.95. The number of sulfonamides is 1. The van der Waals surface area contributed by atoms with Crippen molar-refractivity contribution in [2.75, 3.05) is 25.2 Å². The van der Waals surface area contributed by atoms with Crippen LogP contribution in [0.3, 0.4) is 0 Å². The van der Waals surface area contributed by atoms with Crippen LogP contribution in [-0.2, 0) is 20.6 Å². The summed E-state index contributed by atoms with van der Waals surface area (Å²) in [5.41, 5.74) is 0.943. The lowest BCUT2D eigenvalue weighted by Gasteiger charge is -2.12. The van der Waals surface area contributed by atoms with Gasteiger partial charge in [0.15, 0.2) is 0 Å². The Morgan fingerprint density at radius 3 is 2.56 bits per heavy atom. The van der Waals surface area contributed by atoms with Crippen LogP contribution < -0.4 is 5.32 Å². The molecule has 0 saturated heterocycles. The van der Waals surface area contributed by atoms with Gasteiger partial charge in [-0.15, -0.1) is 11.8 Å². The SMILES string of the molecule is CN(C)S(=O)(=O)c1cccc(NC(=O)CSCc2ccccc2F)c1. The molecule has 5 nitrogen and oxygen atoms in total. The van der Waals surface area contributed by atoms with Crippen LogP contribution >= 0.6 is 11.8 Å². The summed E-state index contributed by atoms with van der Waals surface area (Å²) in [7, 11) is -0.669. The van der Waals surface area contributed by atoms with Crippen LogP contribution in [0.25, 0.3) is 0 Å². The van der Waals surface area contributed by atoms with E-state index < -0.39 is 10.0 Å². The third-order valence-electron chi connectivity index (χ3n) is 3.34. The van der Waals surface area contributed by atoms with Crippen molar-refractivity contribution in [3.8, 4) is 0 Å². The lowest BCUT2D eigenvalue weighted by molar-refractivity contribution is -0.113. The summed E-state index contributed by atoms with van der Waals surface area (Å²) in [6.07, 6.45) is 0. The third-order valence-corrected chi connectivity index (χ3v) is 6.14.